The smallest absolute Gasteiger partial charge is 0.0205 e. The van der Waals surface area contributed by atoms with E-state index in [1.807, 2.05) is 0 Å². The third-order valence-electron chi connectivity index (χ3n) is 3.36. The molecule has 0 aromatic heterocycles. The highest BCUT2D eigenvalue weighted by Crippen LogP contribution is 2.15. The molecule has 0 aliphatic heterocycles. The summed E-state index contributed by atoms with van der Waals surface area (Å²) >= 11 is 0. The summed E-state index contributed by atoms with van der Waals surface area (Å²) in [4.78, 5) is 0. The number of rotatable bonds is 6. The fourth-order valence-corrected chi connectivity index (χ4v) is 2.05. The maximum atomic E-state index is 5.60. The zero-order valence-electron chi connectivity index (χ0n) is 11.0. The molecule has 0 spiro atoms. The topological polar surface area (TPSA) is 38.0 Å². The first-order valence-corrected chi connectivity index (χ1v) is 6.68. The normalized spacial score (nSPS) is 12.8. The van der Waals surface area contributed by atoms with Gasteiger partial charge in [-0.2, -0.15) is 0 Å². The van der Waals surface area contributed by atoms with Crippen LogP contribution in [0.1, 0.15) is 18.9 Å². The number of nitrogens with one attached hydrogen (secondary N) is 1. The molecule has 3 N–H and O–H groups in total. The monoisotopic (exact) mass is 242 g/mol. The van der Waals surface area contributed by atoms with Gasteiger partial charge in [-0.1, -0.05) is 43.3 Å². The van der Waals surface area contributed by atoms with E-state index < -0.39 is 0 Å². The Morgan fingerprint density at radius 1 is 1.11 bits per heavy atom. The highest BCUT2D eigenvalue weighted by Gasteiger charge is 1.99. The van der Waals surface area contributed by atoms with Crippen molar-refractivity contribution in [1.29, 1.82) is 0 Å². The van der Waals surface area contributed by atoms with Gasteiger partial charge in [0.05, 0.1) is 0 Å². The molecule has 96 valence electrons. The van der Waals surface area contributed by atoms with Crippen LogP contribution in [0, 0.1) is 5.92 Å². The summed E-state index contributed by atoms with van der Waals surface area (Å²) in [6, 6.07) is 15.1. The molecule has 1 unspecified atom stereocenters. The molecule has 2 aromatic rings. The van der Waals surface area contributed by atoms with Gasteiger partial charge in [0.15, 0.2) is 0 Å². The van der Waals surface area contributed by atoms with E-state index in [9.17, 15) is 0 Å². The third-order valence-corrected chi connectivity index (χ3v) is 3.36. The summed E-state index contributed by atoms with van der Waals surface area (Å²) in [5.41, 5.74) is 6.94. The van der Waals surface area contributed by atoms with Gasteiger partial charge in [-0.05, 0) is 47.8 Å². The van der Waals surface area contributed by atoms with Gasteiger partial charge in [0.1, 0.15) is 0 Å². The van der Waals surface area contributed by atoms with Crippen LogP contribution in [-0.2, 0) is 6.54 Å². The summed E-state index contributed by atoms with van der Waals surface area (Å²) in [6.07, 6.45) is 1.14. The first-order valence-electron chi connectivity index (χ1n) is 6.68. The molecular weight excluding hydrogens is 220 g/mol. The Labute approximate surface area is 109 Å². The number of nitrogens with two attached hydrogens (primary N) is 1. The maximum Gasteiger partial charge on any atom is 0.0205 e. The minimum atomic E-state index is 0.606. The molecule has 2 aromatic carbocycles. The number of hydrogen-bond donors (Lipinski definition) is 2. The van der Waals surface area contributed by atoms with E-state index in [0.717, 1.165) is 26.1 Å². The summed E-state index contributed by atoms with van der Waals surface area (Å²) in [6.45, 7) is 4.93. The Bertz CT molecular complexity index is 493. The van der Waals surface area contributed by atoms with Gasteiger partial charge < -0.3 is 11.1 Å². The minimum absolute atomic E-state index is 0.606. The van der Waals surface area contributed by atoms with Crippen LogP contribution in [0.5, 0.6) is 0 Å². The van der Waals surface area contributed by atoms with E-state index in [1.54, 1.807) is 0 Å². The molecule has 0 saturated carbocycles. The van der Waals surface area contributed by atoms with Crippen LogP contribution in [0.15, 0.2) is 42.5 Å². The molecule has 2 nitrogen and oxygen atoms in total. The average molecular weight is 242 g/mol. The zero-order valence-corrected chi connectivity index (χ0v) is 11.0. The van der Waals surface area contributed by atoms with Crippen molar-refractivity contribution in [3.63, 3.8) is 0 Å². The number of benzene rings is 2. The molecule has 2 rings (SSSR count). The molecule has 0 amide bonds. The van der Waals surface area contributed by atoms with Gasteiger partial charge in [-0.3, -0.25) is 0 Å². The second-order valence-electron chi connectivity index (χ2n) is 4.99. The van der Waals surface area contributed by atoms with Crippen LogP contribution in [-0.4, -0.2) is 13.1 Å². The highest BCUT2D eigenvalue weighted by molar-refractivity contribution is 5.82. The first-order chi connectivity index (χ1) is 8.79. The van der Waals surface area contributed by atoms with E-state index in [4.69, 9.17) is 5.73 Å². The predicted molar refractivity (Wildman–Crippen MR) is 78.5 cm³/mol. The molecule has 0 aliphatic carbocycles. The Kier molecular flexibility index (Phi) is 4.73. The van der Waals surface area contributed by atoms with E-state index in [2.05, 4.69) is 54.7 Å². The van der Waals surface area contributed by atoms with Gasteiger partial charge in [0, 0.05) is 6.54 Å². The predicted octanol–water partition coefficient (Wildman–Crippen LogP) is 2.91. The van der Waals surface area contributed by atoms with Crippen molar-refractivity contribution in [2.45, 2.75) is 19.9 Å². The average Bonchev–Trinajstić information content (AvgIpc) is 2.43. The molecular formula is C16H22N2. The van der Waals surface area contributed by atoms with E-state index >= 15 is 0 Å². The number of hydrogen-bond acceptors (Lipinski definition) is 2. The third kappa shape index (κ3) is 3.56. The lowest BCUT2D eigenvalue weighted by molar-refractivity contribution is 0.509. The molecule has 0 heterocycles. The second kappa shape index (κ2) is 6.53. The van der Waals surface area contributed by atoms with Gasteiger partial charge in [0.25, 0.3) is 0 Å². The lowest BCUT2D eigenvalue weighted by Gasteiger charge is -2.09. The fourth-order valence-electron chi connectivity index (χ4n) is 2.05. The highest BCUT2D eigenvalue weighted by atomic mass is 14.8. The van der Waals surface area contributed by atoms with E-state index in [-0.39, 0.29) is 0 Å². The standard InChI is InChI=1S/C16H22N2/c1-13(11-17)8-9-18-12-14-6-7-15-4-2-3-5-16(15)10-14/h2-7,10,13,18H,8-9,11-12,17H2,1H3. The van der Waals surface area contributed by atoms with Crippen molar-refractivity contribution in [3.05, 3.63) is 48.0 Å². The van der Waals surface area contributed by atoms with Gasteiger partial charge in [-0.25, -0.2) is 0 Å². The lowest BCUT2D eigenvalue weighted by atomic mass is 10.1. The molecule has 0 bridgehead atoms. The minimum Gasteiger partial charge on any atom is -0.330 e. The van der Waals surface area contributed by atoms with Crippen LogP contribution >= 0.6 is 0 Å². The van der Waals surface area contributed by atoms with Crippen LogP contribution in [0.25, 0.3) is 10.8 Å². The Hall–Kier alpha value is -1.38. The summed E-state index contributed by atoms with van der Waals surface area (Å²) in [5, 5.41) is 6.09. The Morgan fingerprint density at radius 2 is 1.89 bits per heavy atom. The zero-order chi connectivity index (χ0) is 12.8. The Morgan fingerprint density at radius 3 is 2.67 bits per heavy atom. The lowest BCUT2D eigenvalue weighted by Crippen LogP contribution is -2.20. The molecule has 1 atom stereocenters. The van der Waals surface area contributed by atoms with Crippen molar-refractivity contribution >= 4 is 10.8 Å². The molecule has 0 aliphatic rings. The molecule has 0 radical (unpaired) electrons. The van der Waals surface area contributed by atoms with Crippen molar-refractivity contribution in [2.24, 2.45) is 11.7 Å². The second-order valence-corrected chi connectivity index (χ2v) is 4.99. The SMILES string of the molecule is CC(CN)CCNCc1ccc2ccccc2c1. The van der Waals surface area contributed by atoms with Crippen molar-refractivity contribution in [3.8, 4) is 0 Å². The van der Waals surface area contributed by atoms with Gasteiger partial charge in [0.2, 0.25) is 0 Å². The molecule has 18 heavy (non-hydrogen) atoms. The van der Waals surface area contributed by atoms with E-state index in [0.29, 0.717) is 5.92 Å². The molecule has 0 fully saturated rings. The van der Waals surface area contributed by atoms with Crippen LogP contribution < -0.4 is 11.1 Å². The van der Waals surface area contributed by atoms with Crippen molar-refractivity contribution in [1.82, 2.24) is 5.32 Å². The van der Waals surface area contributed by atoms with E-state index in [1.165, 1.54) is 16.3 Å². The van der Waals surface area contributed by atoms with Gasteiger partial charge >= 0.3 is 0 Å². The van der Waals surface area contributed by atoms with Crippen LogP contribution in [0.3, 0.4) is 0 Å². The molecule has 0 saturated heterocycles. The van der Waals surface area contributed by atoms with Gasteiger partial charge in [-0.15, -0.1) is 0 Å². The largest absolute Gasteiger partial charge is 0.330 e. The van der Waals surface area contributed by atoms with Crippen LogP contribution in [0.2, 0.25) is 0 Å². The Balaban J connectivity index is 1.88. The molecule has 2 heteroatoms. The van der Waals surface area contributed by atoms with Crippen molar-refractivity contribution < 1.29 is 0 Å². The van der Waals surface area contributed by atoms with Crippen molar-refractivity contribution in [2.75, 3.05) is 13.1 Å². The number of fused-ring (bicyclic) bond motifs is 1. The fraction of sp³-hybridized carbons (Fsp3) is 0.375. The first kappa shape index (κ1) is 13.1. The summed E-state index contributed by atoms with van der Waals surface area (Å²) < 4.78 is 0. The summed E-state index contributed by atoms with van der Waals surface area (Å²) in [7, 11) is 0. The summed E-state index contributed by atoms with van der Waals surface area (Å²) in [5.74, 6) is 0.606. The van der Waals surface area contributed by atoms with Crippen LogP contribution in [0.4, 0.5) is 0 Å². The maximum absolute atomic E-state index is 5.60. The quantitative estimate of drug-likeness (QED) is 0.764.